The Morgan fingerprint density at radius 2 is 2.18 bits per heavy atom. The summed E-state index contributed by atoms with van der Waals surface area (Å²) in [5, 5.41) is 4.33. The van der Waals surface area contributed by atoms with E-state index in [2.05, 4.69) is 24.9 Å². The largest absolute Gasteiger partial charge is 0.310 e. The third-order valence-corrected chi connectivity index (χ3v) is 3.12. The van der Waals surface area contributed by atoms with Crippen LogP contribution in [0.4, 0.5) is 0 Å². The molecule has 0 amide bonds. The van der Waals surface area contributed by atoms with Crippen LogP contribution < -0.4 is 5.32 Å². The topological polar surface area (TPSA) is 12.0 Å². The number of unbranched alkanes of at least 4 members (excludes halogenated alkanes) is 3. The monoisotopic (exact) mass is 251 g/mol. The van der Waals surface area contributed by atoms with Crippen LogP contribution in [-0.2, 0) is 0 Å². The normalized spacial score (nSPS) is 12.4. The molecule has 0 aromatic heterocycles. The molecule has 0 aliphatic carbocycles. The molecule has 94 valence electrons. The van der Waals surface area contributed by atoms with Gasteiger partial charge in [0.1, 0.15) is 0 Å². The fourth-order valence-electron chi connectivity index (χ4n) is 1.80. The predicted octanol–water partition coefficient (Wildman–Crippen LogP) is 4.74. The van der Waals surface area contributed by atoms with Crippen LogP contribution in [0.1, 0.15) is 44.2 Å². The van der Waals surface area contributed by atoms with Gasteiger partial charge in [0.25, 0.3) is 0 Å². The number of hydrogen-bond donors (Lipinski definition) is 1. The first kappa shape index (κ1) is 14.3. The zero-order valence-electron chi connectivity index (χ0n) is 10.6. The van der Waals surface area contributed by atoms with E-state index in [1.54, 1.807) is 0 Å². The minimum absolute atomic E-state index is 0.369. The Bertz CT molecular complexity index is 335. The maximum atomic E-state index is 5.97. The number of allylic oxidation sites excluding steroid dienone is 1. The summed E-state index contributed by atoms with van der Waals surface area (Å²) in [7, 11) is 0. The molecule has 0 heterocycles. The summed E-state index contributed by atoms with van der Waals surface area (Å²) in [5.41, 5.74) is 1.25. The molecule has 1 nitrogen and oxygen atoms in total. The Morgan fingerprint density at radius 3 is 2.88 bits per heavy atom. The average Bonchev–Trinajstić information content (AvgIpc) is 2.33. The quantitative estimate of drug-likeness (QED) is 0.520. The lowest BCUT2D eigenvalue weighted by Crippen LogP contribution is -2.19. The Hall–Kier alpha value is -0.790. The second kappa shape index (κ2) is 8.32. The van der Waals surface area contributed by atoms with Gasteiger partial charge in [0, 0.05) is 11.1 Å². The second-order valence-corrected chi connectivity index (χ2v) is 4.81. The van der Waals surface area contributed by atoms with Crippen LogP contribution in [0.5, 0.6) is 0 Å². The van der Waals surface area contributed by atoms with Gasteiger partial charge in [-0.25, -0.2) is 0 Å². The van der Waals surface area contributed by atoms with Crippen molar-refractivity contribution in [1.29, 1.82) is 0 Å². The SMILES string of the molecule is C=CCCCCCN[C@@H](C)c1cccc(Cl)c1. The second-order valence-electron chi connectivity index (χ2n) is 4.37. The third kappa shape index (κ3) is 5.90. The molecule has 0 bridgehead atoms. The molecule has 1 aromatic carbocycles. The van der Waals surface area contributed by atoms with Crippen molar-refractivity contribution in [2.24, 2.45) is 0 Å². The van der Waals surface area contributed by atoms with Crippen molar-refractivity contribution in [3.8, 4) is 0 Å². The van der Waals surface area contributed by atoms with Gasteiger partial charge in [-0.05, 0) is 50.4 Å². The maximum absolute atomic E-state index is 5.97. The number of benzene rings is 1. The molecule has 1 rings (SSSR count). The third-order valence-electron chi connectivity index (χ3n) is 2.88. The molecule has 0 unspecified atom stereocenters. The van der Waals surface area contributed by atoms with Crippen molar-refractivity contribution in [2.45, 2.75) is 38.6 Å². The predicted molar refractivity (Wildman–Crippen MR) is 76.5 cm³/mol. The van der Waals surface area contributed by atoms with Gasteiger partial charge in [-0.3, -0.25) is 0 Å². The van der Waals surface area contributed by atoms with E-state index in [4.69, 9.17) is 11.6 Å². The summed E-state index contributed by atoms with van der Waals surface area (Å²) in [4.78, 5) is 0. The smallest absolute Gasteiger partial charge is 0.0409 e. The molecule has 0 aliphatic rings. The van der Waals surface area contributed by atoms with Crippen molar-refractivity contribution >= 4 is 11.6 Å². The lowest BCUT2D eigenvalue weighted by atomic mass is 10.1. The van der Waals surface area contributed by atoms with E-state index in [1.165, 1.54) is 24.8 Å². The summed E-state index contributed by atoms with van der Waals surface area (Å²) in [6, 6.07) is 8.42. The van der Waals surface area contributed by atoms with E-state index in [1.807, 2.05) is 24.3 Å². The van der Waals surface area contributed by atoms with Gasteiger partial charge in [0.2, 0.25) is 0 Å². The molecule has 17 heavy (non-hydrogen) atoms. The molecule has 1 N–H and O–H groups in total. The molecule has 1 aromatic rings. The molecule has 2 heteroatoms. The van der Waals surface area contributed by atoms with Crippen molar-refractivity contribution in [1.82, 2.24) is 5.32 Å². The highest BCUT2D eigenvalue weighted by molar-refractivity contribution is 6.30. The molecule has 1 atom stereocenters. The van der Waals surface area contributed by atoms with E-state index in [0.29, 0.717) is 6.04 Å². The fourth-order valence-corrected chi connectivity index (χ4v) is 2.00. The van der Waals surface area contributed by atoms with E-state index in [9.17, 15) is 0 Å². The van der Waals surface area contributed by atoms with E-state index in [-0.39, 0.29) is 0 Å². The first-order chi connectivity index (χ1) is 8.24. The van der Waals surface area contributed by atoms with Crippen LogP contribution in [0.3, 0.4) is 0 Å². The Labute approximate surface area is 110 Å². The number of hydrogen-bond acceptors (Lipinski definition) is 1. The number of halogens is 1. The summed E-state index contributed by atoms with van der Waals surface area (Å²) >= 11 is 5.97. The van der Waals surface area contributed by atoms with Gasteiger partial charge in [0.15, 0.2) is 0 Å². The average molecular weight is 252 g/mol. The maximum Gasteiger partial charge on any atom is 0.0409 e. The van der Waals surface area contributed by atoms with Crippen molar-refractivity contribution in [3.05, 3.63) is 47.5 Å². The molecule has 0 spiro atoms. The van der Waals surface area contributed by atoms with Crippen LogP contribution in [0, 0.1) is 0 Å². The summed E-state index contributed by atoms with van der Waals surface area (Å²) in [6.45, 7) is 6.96. The highest BCUT2D eigenvalue weighted by atomic mass is 35.5. The lowest BCUT2D eigenvalue weighted by molar-refractivity contribution is 0.539. The molecular formula is C15H22ClN. The van der Waals surface area contributed by atoms with Crippen LogP contribution in [0.25, 0.3) is 0 Å². The first-order valence-electron chi connectivity index (χ1n) is 6.34. The number of nitrogens with one attached hydrogen (secondary N) is 1. The Balaban J connectivity index is 2.21. The van der Waals surface area contributed by atoms with Gasteiger partial charge in [-0.2, -0.15) is 0 Å². The lowest BCUT2D eigenvalue weighted by Gasteiger charge is -2.14. The van der Waals surface area contributed by atoms with Gasteiger partial charge in [0.05, 0.1) is 0 Å². The fraction of sp³-hybridized carbons (Fsp3) is 0.467. The standard InChI is InChI=1S/C15H22ClN/c1-3-4-5-6-7-11-17-13(2)14-9-8-10-15(16)12-14/h3,8-10,12-13,17H,1,4-7,11H2,2H3/t13-/m0/s1. The minimum atomic E-state index is 0.369. The molecule has 0 aliphatic heterocycles. The zero-order valence-corrected chi connectivity index (χ0v) is 11.3. The van der Waals surface area contributed by atoms with Gasteiger partial charge in [-0.1, -0.05) is 36.2 Å². The van der Waals surface area contributed by atoms with E-state index < -0.39 is 0 Å². The molecular weight excluding hydrogens is 230 g/mol. The highest BCUT2D eigenvalue weighted by Gasteiger charge is 2.03. The van der Waals surface area contributed by atoms with Gasteiger partial charge >= 0.3 is 0 Å². The summed E-state index contributed by atoms with van der Waals surface area (Å²) < 4.78 is 0. The first-order valence-corrected chi connectivity index (χ1v) is 6.71. The Morgan fingerprint density at radius 1 is 1.35 bits per heavy atom. The molecule has 0 fully saturated rings. The van der Waals surface area contributed by atoms with Crippen LogP contribution >= 0.6 is 11.6 Å². The Kier molecular flexibility index (Phi) is 6.99. The molecule has 0 saturated heterocycles. The minimum Gasteiger partial charge on any atom is -0.310 e. The molecule has 0 saturated carbocycles. The number of rotatable bonds is 8. The van der Waals surface area contributed by atoms with Crippen molar-refractivity contribution in [2.75, 3.05) is 6.54 Å². The van der Waals surface area contributed by atoms with E-state index in [0.717, 1.165) is 18.0 Å². The van der Waals surface area contributed by atoms with Crippen LogP contribution in [0.2, 0.25) is 5.02 Å². The highest BCUT2D eigenvalue weighted by Crippen LogP contribution is 2.17. The van der Waals surface area contributed by atoms with Crippen molar-refractivity contribution in [3.63, 3.8) is 0 Å². The van der Waals surface area contributed by atoms with Crippen LogP contribution in [0.15, 0.2) is 36.9 Å². The summed E-state index contributed by atoms with van der Waals surface area (Å²) in [5.74, 6) is 0. The molecule has 0 radical (unpaired) electrons. The zero-order chi connectivity index (χ0) is 12.5. The van der Waals surface area contributed by atoms with Gasteiger partial charge < -0.3 is 5.32 Å². The van der Waals surface area contributed by atoms with Gasteiger partial charge in [-0.15, -0.1) is 6.58 Å². The van der Waals surface area contributed by atoms with E-state index >= 15 is 0 Å². The van der Waals surface area contributed by atoms with Crippen molar-refractivity contribution < 1.29 is 0 Å². The summed E-state index contributed by atoms with van der Waals surface area (Å²) in [6.07, 6.45) is 6.85. The van der Waals surface area contributed by atoms with Crippen LogP contribution in [-0.4, -0.2) is 6.54 Å².